The van der Waals surface area contributed by atoms with Crippen molar-refractivity contribution in [3.05, 3.63) is 0 Å². The van der Waals surface area contributed by atoms with Gasteiger partial charge in [0.2, 0.25) is 29.5 Å². The third kappa shape index (κ3) is 11.9. The van der Waals surface area contributed by atoms with Gasteiger partial charge in [0.25, 0.3) is 0 Å². The molecule has 11 amide bonds. The fourth-order valence-electron chi connectivity index (χ4n) is 12.6. The Morgan fingerprint density at radius 3 is 1.12 bits per heavy atom. The van der Waals surface area contributed by atoms with Crippen molar-refractivity contribution in [3.63, 3.8) is 0 Å². The van der Waals surface area contributed by atoms with Crippen molar-refractivity contribution in [2.45, 2.75) is 151 Å². The van der Waals surface area contributed by atoms with E-state index in [1.807, 2.05) is 7.05 Å². The highest BCUT2D eigenvalue weighted by molar-refractivity contribution is 5.98. The van der Waals surface area contributed by atoms with Gasteiger partial charge in [0.1, 0.15) is 18.1 Å². The zero-order valence-electron chi connectivity index (χ0n) is 44.6. The average Bonchev–Trinajstić information content (AvgIpc) is 3.83. The van der Waals surface area contributed by atoms with Crippen molar-refractivity contribution in [3.8, 4) is 0 Å². The van der Waals surface area contributed by atoms with E-state index in [1.165, 1.54) is 81.8 Å². The first kappa shape index (κ1) is 56.2. The highest BCUT2D eigenvalue weighted by Crippen LogP contribution is 2.39. The number of ketones is 3. The minimum Gasteiger partial charge on any atom is -0.347 e. The molecule has 26 nitrogen and oxygen atoms in total. The van der Waals surface area contributed by atoms with Gasteiger partial charge in [-0.05, 0) is 96.1 Å². The standard InChI is InChI=1S/C20H32N4O4.2C15H22N4O5/c1-22-8-7-14(9-13-3-4-13)10-17(22)18(25)11-21-19(26)16-6-5-15-12-23(16)20(27)24(15)28-2;2*1-17-10(5-6-13(17)21)12(20)7-16-14(22)11-4-3-9-8-18(11)15(23)19(9)24-2/h13-17H,3-12H2,1-2H3,(H,21,26);2*9-11H,3-8H2,1-2H3,(H,16,22)/t14-,15+,16-,17-;9-,10+,11+;9-,10-,11+/m011/s1. The molecule has 1 aliphatic carbocycles. The molecule has 76 heavy (non-hydrogen) atoms. The number of nitrogens with zero attached hydrogens (tertiary/aromatic N) is 9. The van der Waals surface area contributed by atoms with Crippen LogP contribution < -0.4 is 16.0 Å². The van der Waals surface area contributed by atoms with E-state index in [0.29, 0.717) is 83.3 Å². The summed E-state index contributed by atoms with van der Waals surface area (Å²) < 4.78 is 0. The molecule has 10 rings (SSSR count). The predicted molar refractivity (Wildman–Crippen MR) is 265 cm³/mol. The van der Waals surface area contributed by atoms with E-state index in [-0.39, 0.29) is 109 Å². The quantitative estimate of drug-likeness (QED) is 0.162. The number of amides is 11. The summed E-state index contributed by atoms with van der Waals surface area (Å²) in [5.74, 6) is 0.214. The second kappa shape index (κ2) is 24.1. The first-order chi connectivity index (χ1) is 36.3. The number of fused-ring (bicyclic) bond motifs is 6. The fourth-order valence-corrected chi connectivity index (χ4v) is 12.6. The highest BCUT2D eigenvalue weighted by atomic mass is 16.7. The largest absolute Gasteiger partial charge is 0.347 e. The smallest absolute Gasteiger partial charge is 0.345 e. The van der Waals surface area contributed by atoms with Crippen molar-refractivity contribution in [2.24, 2.45) is 11.8 Å². The van der Waals surface area contributed by atoms with Gasteiger partial charge >= 0.3 is 18.1 Å². The van der Waals surface area contributed by atoms with Gasteiger partial charge < -0.3 is 40.4 Å². The van der Waals surface area contributed by atoms with Crippen LogP contribution in [0, 0.1) is 11.8 Å². The number of carbonyl (C=O) groups excluding carboxylic acids is 11. The molecule has 420 valence electrons. The van der Waals surface area contributed by atoms with Gasteiger partial charge in [-0.3, -0.25) is 57.8 Å². The second-order valence-electron chi connectivity index (χ2n) is 21.8. The van der Waals surface area contributed by atoms with Crippen LogP contribution in [0.15, 0.2) is 0 Å². The van der Waals surface area contributed by atoms with Gasteiger partial charge in [-0.2, -0.15) is 15.2 Å². The molecule has 0 radical (unpaired) electrons. The Hall–Kier alpha value is -5.99. The third-order valence-corrected chi connectivity index (χ3v) is 17.2. The Balaban J connectivity index is 0.000000152. The molecule has 0 aromatic carbocycles. The molecule has 26 heteroatoms. The van der Waals surface area contributed by atoms with Crippen molar-refractivity contribution in [1.82, 2.24) is 60.5 Å². The van der Waals surface area contributed by atoms with Crippen LogP contribution >= 0.6 is 0 Å². The lowest BCUT2D eigenvalue weighted by molar-refractivity contribution is -0.133. The van der Waals surface area contributed by atoms with Gasteiger partial charge in [-0.15, -0.1) is 0 Å². The fraction of sp³-hybridized carbons (Fsp3) is 0.780. The normalized spacial score (nSPS) is 30.8. The summed E-state index contributed by atoms with van der Waals surface area (Å²) in [5.41, 5.74) is 0. The molecule has 10 fully saturated rings. The second-order valence-corrected chi connectivity index (χ2v) is 21.8. The monoisotopic (exact) mass is 1070 g/mol. The molecule has 1 saturated carbocycles. The van der Waals surface area contributed by atoms with Gasteiger partial charge in [0.15, 0.2) is 17.3 Å². The lowest BCUT2D eigenvalue weighted by atomic mass is 9.85. The summed E-state index contributed by atoms with van der Waals surface area (Å²) in [6, 6.07) is -3.62. The summed E-state index contributed by atoms with van der Waals surface area (Å²) in [7, 11) is 9.55. The average molecular weight is 1070 g/mol. The van der Waals surface area contributed by atoms with Crippen molar-refractivity contribution >= 4 is 65.0 Å². The van der Waals surface area contributed by atoms with Crippen LogP contribution in [-0.2, 0) is 52.9 Å². The Morgan fingerprint density at radius 2 is 0.803 bits per heavy atom. The molecule has 0 spiro atoms. The number of piperidine rings is 4. The van der Waals surface area contributed by atoms with E-state index >= 15 is 0 Å². The number of nitrogens with one attached hydrogen (secondary N) is 3. The maximum atomic E-state index is 12.8. The third-order valence-electron chi connectivity index (χ3n) is 17.2. The minimum absolute atomic E-state index is 0.0162. The number of hydroxylamine groups is 6. The van der Waals surface area contributed by atoms with Crippen LogP contribution in [0.25, 0.3) is 0 Å². The lowest BCUT2D eigenvalue weighted by Gasteiger charge is -2.36. The zero-order chi connectivity index (χ0) is 54.7. The van der Waals surface area contributed by atoms with Gasteiger partial charge in [0, 0.05) is 46.6 Å². The minimum atomic E-state index is -0.579. The molecule has 0 aromatic rings. The van der Waals surface area contributed by atoms with Crippen LogP contribution in [-0.4, -0.2) is 252 Å². The number of likely N-dealkylation sites (N-methyl/N-ethyl adjacent to an activating group) is 3. The maximum absolute atomic E-state index is 12.8. The summed E-state index contributed by atoms with van der Waals surface area (Å²) in [6.07, 6.45) is 11.5. The number of carbonyl (C=O) groups is 11. The van der Waals surface area contributed by atoms with Gasteiger partial charge in [-0.25, -0.2) is 14.4 Å². The molecule has 3 N–H and O–H groups in total. The van der Waals surface area contributed by atoms with Crippen molar-refractivity contribution in [2.75, 3.05) is 88.3 Å². The van der Waals surface area contributed by atoms with Crippen molar-refractivity contribution < 1.29 is 67.3 Å². The number of hydrogen-bond donors (Lipinski definition) is 3. The number of Topliss-reactive ketones (excluding diaryl/α,β-unsaturated/α-hetero) is 3. The van der Waals surface area contributed by atoms with E-state index < -0.39 is 30.2 Å². The summed E-state index contributed by atoms with van der Waals surface area (Å²) >= 11 is 0. The molecule has 10 aliphatic rings. The van der Waals surface area contributed by atoms with Crippen LogP contribution in [0.5, 0.6) is 0 Å². The maximum Gasteiger partial charge on any atom is 0.345 e. The molecular weight excluding hydrogens is 993 g/mol. The summed E-state index contributed by atoms with van der Waals surface area (Å²) in [5, 5.41) is 12.0. The molecule has 9 aliphatic heterocycles. The topological polar surface area (TPSA) is 281 Å². The predicted octanol–water partition coefficient (Wildman–Crippen LogP) is -0.743. The SMILES string of the molecule is CON1C(=O)N2C[C@H]1CC[C@H]2C(=O)NCC(=O)[C@@H]1CCC(=O)N1C.CON1C(=O)N2C[C@H]1CC[C@H]2C(=O)NCC(=O)[C@@H]1C[C@H](CC2CC2)CCN1C.CON1C(=O)N2C[C@H]1CC[C@H]2C(=O)NCC(=O)[C@H]1CCC(=O)N1C. The van der Waals surface area contributed by atoms with Crippen LogP contribution in [0.4, 0.5) is 14.4 Å². The molecule has 0 unspecified atom stereocenters. The zero-order valence-corrected chi connectivity index (χ0v) is 44.6. The first-order valence-electron chi connectivity index (χ1n) is 26.9. The molecule has 9 saturated heterocycles. The number of rotatable bonds is 17. The highest BCUT2D eigenvalue weighted by Gasteiger charge is 2.50. The van der Waals surface area contributed by atoms with E-state index in [1.54, 1.807) is 19.0 Å². The van der Waals surface area contributed by atoms with Gasteiger partial charge in [0.05, 0.1) is 77.2 Å². The molecule has 0 aromatic heterocycles. The molecule has 10 atom stereocenters. The Labute approximate surface area is 442 Å². The lowest BCUT2D eigenvalue weighted by Crippen LogP contribution is -2.53. The van der Waals surface area contributed by atoms with E-state index in [9.17, 15) is 52.7 Å². The van der Waals surface area contributed by atoms with Gasteiger partial charge in [-0.1, -0.05) is 12.8 Å². The van der Waals surface area contributed by atoms with Crippen LogP contribution in [0.1, 0.15) is 96.3 Å². The van der Waals surface area contributed by atoms with Crippen LogP contribution in [0.2, 0.25) is 0 Å². The number of hydrogen-bond acceptors (Lipinski definition) is 15. The summed E-state index contributed by atoms with van der Waals surface area (Å²) in [6.45, 7) is 2.15. The number of urea groups is 3. The summed E-state index contributed by atoms with van der Waals surface area (Å²) in [4.78, 5) is 159. The Bertz CT molecular complexity index is 2190. The number of likely N-dealkylation sites (tertiary alicyclic amines) is 3. The molecule has 6 bridgehead atoms. The molecular formula is C50H76N12O14. The first-order valence-corrected chi connectivity index (χ1v) is 26.9. The van der Waals surface area contributed by atoms with Crippen molar-refractivity contribution in [1.29, 1.82) is 0 Å². The van der Waals surface area contributed by atoms with E-state index in [0.717, 1.165) is 25.3 Å². The van der Waals surface area contributed by atoms with E-state index in [2.05, 4.69) is 20.9 Å². The van der Waals surface area contributed by atoms with Crippen LogP contribution in [0.3, 0.4) is 0 Å². The molecule has 9 heterocycles. The Morgan fingerprint density at radius 1 is 0.447 bits per heavy atom. The Kier molecular flexibility index (Phi) is 17.9. The van der Waals surface area contributed by atoms with E-state index in [4.69, 9.17) is 14.5 Å².